The number of amides is 1. The van der Waals surface area contributed by atoms with Gasteiger partial charge in [-0.25, -0.2) is 0 Å². The van der Waals surface area contributed by atoms with E-state index in [1.807, 2.05) is 0 Å². The summed E-state index contributed by atoms with van der Waals surface area (Å²) in [5.41, 5.74) is 1.29. The van der Waals surface area contributed by atoms with E-state index in [0.717, 1.165) is 0 Å². The summed E-state index contributed by atoms with van der Waals surface area (Å²) in [7, 11) is 0. The highest BCUT2D eigenvalue weighted by molar-refractivity contribution is 6.29. The Morgan fingerprint density at radius 1 is 1.25 bits per heavy atom. The van der Waals surface area contributed by atoms with E-state index in [-0.39, 0.29) is 16.9 Å². The fourth-order valence-corrected chi connectivity index (χ4v) is 1.80. The Balaban J connectivity index is 1.81. The second-order valence-electron chi connectivity index (χ2n) is 3.88. The first-order chi connectivity index (χ1) is 9.72. The number of hydrogen-bond acceptors (Lipinski definition) is 5. The topological polar surface area (TPSA) is 81.2 Å². The highest BCUT2D eigenvalue weighted by Gasteiger charge is 2.11. The predicted molar refractivity (Wildman–Crippen MR) is 71.4 cm³/mol. The summed E-state index contributed by atoms with van der Waals surface area (Å²) in [4.78, 5) is 11.9. The summed E-state index contributed by atoms with van der Waals surface area (Å²) in [6.45, 7) is 0. The first kappa shape index (κ1) is 12.4. The third-order valence-corrected chi connectivity index (χ3v) is 2.73. The molecule has 100 valence electrons. The number of nitrogens with one attached hydrogen (secondary N) is 1. The Labute approximate surface area is 118 Å². The van der Waals surface area contributed by atoms with E-state index in [1.54, 1.807) is 24.3 Å². The summed E-state index contributed by atoms with van der Waals surface area (Å²) >= 11 is 5.63. The molecule has 0 unspecified atom stereocenters. The molecular formula is C13H8ClN3O3. The lowest BCUT2D eigenvalue weighted by Gasteiger charge is -2.04. The van der Waals surface area contributed by atoms with Gasteiger partial charge in [0, 0.05) is 11.3 Å². The minimum atomic E-state index is -0.389. The van der Waals surface area contributed by atoms with Crippen LogP contribution >= 0.6 is 11.6 Å². The molecule has 0 saturated carbocycles. The number of aromatic nitrogens is 2. The van der Waals surface area contributed by atoms with Crippen molar-refractivity contribution < 1.29 is 13.6 Å². The number of carbonyl (C=O) groups excluding carboxylic acids is 1. The van der Waals surface area contributed by atoms with Gasteiger partial charge in [0.05, 0.1) is 0 Å². The summed E-state index contributed by atoms with van der Waals surface area (Å²) in [5.74, 6) is 0.125. The molecule has 0 aliphatic rings. The lowest BCUT2D eigenvalue weighted by molar-refractivity contribution is 0.0997. The minimum Gasteiger partial charge on any atom is -0.440 e. The van der Waals surface area contributed by atoms with Crippen LogP contribution in [0.5, 0.6) is 0 Å². The van der Waals surface area contributed by atoms with Gasteiger partial charge in [-0.1, -0.05) is 6.07 Å². The van der Waals surface area contributed by atoms with Gasteiger partial charge >= 0.3 is 0 Å². The molecule has 2 heterocycles. The third-order valence-electron chi connectivity index (χ3n) is 2.52. The molecule has 20 heavy (non-hydrogen) atoms. The normalized spacial score (nSPS) is 10.4. The zero-order valence-corrected chi connectivity index (χ0v) is 10.8. The SMILES string of the molecule is O=C(Nc1cccc(-c2nnco2)c1)c1ccc(Cl)o1. The minimum absolute atomic E-state index is 0.137. The van der Waals surface area contributed by atoms with Crippen LogP contribution in [0.1, 0.15) is 10.6 Å². The number of anilines is 1. The van der Waals surface area contributed by atoms with Gasteiger partial charge in [-0.15, -0.1) is 10.2 Å². The molecule has 0 bridgehead atoms. The van der Waals surface area contributed by atoms with E-state index in [9.17, 15) is 4.79 Å². The standard InChI is InChI=1S/C13H8ClN3O3/c14-11-5-4-10(20-11)12(18)16-9-3-1-2-8(6-9)13-17-15-7-19-13/h1-7H,(H,16,18). The molecule has 7 heteroatoms. The maximum absolute atomic E-state index is 11.9. The molecule has 0 spiro atoms. The number of benzene rings is 1. The second kappa shape index (κ2) is 5.18. The number of carbonyl (C=O) groups is 1. The molecule has 0 atom stereocenters. The first-order valence-electron chi connectivity index (χ1n) is 5.66. The molecule has 3 aromatic rings. The van der Waals surface area contributed by atoms with Gasteiger partial charge in [0.2, 0.25) is 12.3 Å². The van der Waals surface area contributed by atoms with Crippen molar-refractivity contribution in [3.63, 3.8) is 0 Å². The predicted octanol–water partition coefficient (Wildman–Crippen LogP) is 3.24. The lowest BCUT2D eigenvalue weighted by Crippen LogP contribution is -2.10. The van der Waals surface area contributed by atoms with Gasteiger partial charge in [0.1, 0.15) is 0 Å². The van der Waals surface area contributed by atoms with Crippen LogP contribution < -0.4 is 5.32 Å². The highest BCUT2D eigenvalue weighted by atomic mass is 35.5. The van der Waals surface area contributed by atoms with Crippen molar-refractivity contribution in [2.75, 3.05) is 5.32 Å². The van der Waals surface area contributed by atoms with Crippen molar-refractivity contribution >= 4 is 23.2 Å². The van der Waals surface area contributed by atoms with E-state index in [1.165, 1.54) is 18.5 Å². The molecule has 0 aliphatic heterocycles. The first-order valence-corrected chi connectivity index (χ1v) is 6.03. The molecule has 3 rings (SSSR count). The summed E-state index contributed by atoms with van der Waals surface area (Å²) in [6.07, 6.45) is 1.24. The van der Waals surface area contributed by atoms with Crippen molar-refractivity contribution in [1.29, 1.82) is 0 Å². The monoisotopic (exact) mass is 289 g/mol. The number of halogens is 1. The highest BCUT2D eigenvalue weighted by Crippen LogP contribution is 2.21. The second-order valence-corrected chi connectivity index (χ2v) is 4.26. The van der Waals surface area contributed by atoms with E-state index in [0.29, 0.717) is 17.1 Å². The summed E-state index contributed by atoms with van der Waals surface area (Å²) < 4.78 is 10.1. The van der Waals surface area contributed by atoms with Gasteiger partial charge in [0.25, 0.3) is 5.91 Å². The van der Waals surface area contributed by atoms with Crippen molar-refractivity contribution in [3.05, 3.63) is 53.8 Å². The van der Waals surface area contributed by atoms with Gasteiger partial charge in [-0.05, 0) is 41.9 Å². The Hall–Kier alpha value is -2.60. The molecule has 0 saturated heterocycles. The van der Waals surface area contributed by atoms with Crippen LogP contribution in [0.2, 0.25) is 5.22 Å². The van der Waals surface area contributed by atoms with Crippen molar-refractivity contribution in [2.45, 2.75) is 0 Å². The summed E-state index contributed by atoms with van der Waals surface area (Å²) in [6, 6.07) is 10.0. The number of nitrogens with zero attached hydrogens (tertiary/aromatic N) is 2. The number of hydrogen-bond donors (Lipinski definition) is 1. The van der Waals surface area contributed by atoms with E-state index in [2.05, 4.69) is 15.5 Å². The van der Waals surface area contributed by atoms with Crippen LogP contribution in [0.25, 0.3) is 11.5 Å². The molecule has 1 N–H and O–H groups in total. The molecule has 2 aromatic heterocycles. The smallest absolute Gasteiger partial charge is 0.291 e. The van der Waals surface area contributed by atoms with Gasteiger partial charge in [-0.3, -0.25) is 4.79 Å². The fraction of sp³-hybridized carbons (Fsp3) is 0. The average molecular weight is 290 g/mol. The largest absolute Gasteiger partial charge is 0.440 e. The molecule has 0 fully saturated rings. The molecule has 1 aromatic carbocycles. The van der Waals surface area contributed by atoms with Crippen LogP contribution in [0, 0.1) is 0 Å². The van der Waals surface area contributed by atoms with Crippen LogP contribution in [-0.2, 0) is 0 Å². The van der Waals surface area contributed by atoms with Gasteiger partial charge in [0.15, 0.2) is 11.0 Å². The Morgan fingerprint density at radius 3 is 2.85 bits per heavy atom. The summed E-state index contributed by atoms with van der Waals surface area (Å²) in [5, 5.41) is 10.3. The maximum atomic E-state index is 11.9. The van der Waals surface area contributed by atoms with Crippen molar-refractivity contribution in [1.82, 2.24) is 10.2 Å². The molecule has 6 nitrogen and oxygen atoms in total. The molecular weight excluding hydrogens is 282 g/mol. The molecule has 0 aliphatic carbocycles. The van der Waals surface area contributed by atoms with Gasteiger partial charge in [-0.2, -0.15) is 0 Å². The van der Waals surface area contributed by atoms with Crippen molar-refractivity contribution in [2.24, 2.45) is 0 Å². The van der Waals surface area contributed by atoms with E-state index < -0.39 is 0 Å². The zero-order chi connectivity index (χ0) is 13.9. The Kier molecular flexibility index (Phi) is 3.22. The number of rotatable bonds is 3. The van der Waals surface area contributed by atoms with Gasteiger partial charge < -0.3 is 14.2 Å². The maximum Gasteiger partial charge on any atom is 0.291 e. The number of furan rings is 1. The van der Waals surface area contributed by atoms with E-state index >= 15 is 0 Å². The van der Waals surface area contributed by atoms with Crippen LogP contribution in [0.3, 0.4) is 0 Å². The average Bonchev–Trinajstić information content (AvgIpc) is 3.10. The van der Waals surface area contributed by atoms with Crippen LogP contribution in [0.4, 0.5) is 5.69 Å². The Bertz CT molecular complexity index is 737. The van der Waals surface area contributed by atoms with Crippen LogP contribution in [0.15, 0.2) is 51.6 Å². The fourth-order valence-electron chi connectivity index (χ4n) is 1.66. The van der Waals surface area contributed by atoms with E-state index in [4.69, 9.17) is 20.4 Å². The Morgan fingerprint density at radius 2 is 2.15 bits per heavy atom. The quantitative estimate of drug-likeness (QED) is 0.800. The molecule has 0 radical (unpaired) electrons. The van der Waals surface area contributed by atoms with Crippen LogP contribution in [-0.4, -0.2) is 16.1 Å². The zero-order valence-electron chi connectivity index (χ0n) is 10.0. The third kappa shape index (κ3) is 2.55. The lowest BCUT2D eigenvalue weighted by atomic mass is 10.2. The molecule has 1 amide bonds. The van der Waals surface area contributed by atoms with Crippen molar-refractivity contribution in [3.8, 4) is 11.5 Å².